The molecule has 3 aromatic rings. The Morgan fingerprint density at radius 3 is 2.87 bits per heavy atom. The molecule has 9 heteroatoms. The first-order valence-corrected chi connectivity index (χ1v) is 7.26. The van der Waals surface area contributed by atoms with E-state index in [0.717, 1.165) is 31.5 Å². The summed E-state index contributed by atoms with van der Waals surface area (Å²) in [6.07, 6.45) is 7.35. The first kappa shape index (κ1) is 15.6. The molecule has 1 fully saturated rings. The summed E-state index contributed by atoms with van der Waals surface area (Å²) >= 11 is 0. The monoisotopic (exact) mass is 333 g/mol. The first-order chi connectivity index (χ1) is 10.9. The minimum atomic E-state index is 0. The molecule has 4 rings (SSSR count). The van der Waals surface area contributed by atoms with Crippen LogP contribution >= 0.6 is 12.4 Å². The molecule has 1 saturated heterocycles. The van der Waals surface area contributed by atoms with Crippen LogP contribution in [-0.4, -0.2) is 43.0 Å². The second kappa shape index (κ2) is 6.84. The Morgan fingerprint density at radius 2 is 2.09 bits per heavy atom. The van der Waals surface area contributed by atoms with Gasteiger partial charge in [-0.2, -0.15) is 4.98 Å². The average Bonchev–Trinajstić information content (AvgIpc) is 3.26. The van der Waals surface area contributed by atoms with Gasteiger partial charge in [-0.05, 0) is 31.5 Å². The molecule has 0 aromatic carbocycles. The SMILES string of the molecule is Cl.c1cc(-c2noc(-c3ncn(C4CCCNC4)n3)n2)ccn1. The van der Waals surface area contributed by atoms with Crippen LogP contribution in [0.2, 0.25) is 0 Å². The Morgan fingerprint density at radius 1 is 1.22 bits per heavy atom. The second-order valence-corrected chi connectivity index (χ2v) is 5.21. The highest BCUT2D eigenvalue weighted by molar-refractivity contribution is 5.85. The van der Waals surface area contributed by atoms with Gasteiger partial charge >= 0.3 is 0 Å². The number of hydrogen-bond acceptors (Lipinski definition) is 7. The van der Waals surface area contributed by atoms with Gasteiger partial charge in [-0.1, -0.05) is 5.16 Å². The average molecular weight is 334 g/mol. The third-order valence-corrected chi connectivity index (χ3v) is 3.71. The molecule has 0 aliphatic carbocycles. The van der Waals surface area contributed by atoms with E-state index in [0.29, 0.717) is 23.6 Å². The van der Waals surface area contributed by atoms with Crippen molar-refractivity contribution < 1.29 is 4.52 Å². The van der Waals surface area contributed by atoms with Gasteiger partial charge in [0.25, 0.3) is 5.89 Å². The van der Waals surface area contributed by atoms with Gasteiger partial charge in [0.1, 0.15) is 6.33 Å². The molecule has 120 valence electrons. The van der Waals surface area contributed by atoms with Gasteiger partial charge in [0, 0.05) is 24.5 Å². The standard InChI is InChI=1S/C14H15N7O.ClH/c1-2-11(8-16-5-1)21-9-17-13(19-21)14-18-12(20-22-14)10-3-6-15-7-4-10;/h3-4,6-7,9,11,16H,1-2,5,8H2;1H. The fraction of sp³-hybridized carbons (Fsp3) is 0.357. The molecule has 0 radical (unpaired) electrons. The van der Waals surface area contributed by atoms with E-state index in [1.165, 1.54) is 0 Å². The summed E-state index contributed by atoms with van der Waals surface area (Å²) in [5.74, 6) is 1.29. The Kier molecular flexibility index (Phi) is 4.63. The lowest BCUT2D eigenvalue weighted by atomic mass is 10.1. The largest absolute Gasteiger partial charge is 0.330 e. The minimum absolute atomic E-state index is 0. The van der Waals surface area contributed by atoms with Crippen LogP contribution in [-0.2, 0) is 0 Å². The highest BCUT2D eigenvalue weighted by Gasteiger charge is 2.19. The summed E-state index contributed by atoms with van der Waals surface area (Å²) in [6.45, 7) is 1.98. The lowest BCUT2D eigenvalue weighted by Gasteiger charge is -2.22. The highest BCUT2D eigenvalue weighted by Crippen LogP contribution is 2.21. The number of nitrogens with one attached hydrogen (secondary N) is 1. The fourth-order valence-electron chi connectivity index (χ4n) is 2.54. The van der Waals surface area contributed by atoms with Crippen LogP contribution in [0.4, 0.5) is 0 Å². The summed E-state index contributed by atoms with van der Waals surface area (Å²) in [4.78, 5) is 12.6. The summed E-state index contributed by atoms with van der Waals surface area (Å²) in [6, 6.07) is 3.99. The van der Waals surface area contributed by atoms with Gasteiger partial charge in [0.2, 0.25) is 11.6 Å². The Hall–Kier alpha value is -2.32. The molecule has 1 aliphatic rings. The Bertz CT molecular complexity index is 751. The minimum Gasteiger partial charge on any atom is -0.330 e. The molecule has 0 saturated carbocycles. The smallest absolute Gasteiger partial charge is 0.297 e. The molecule has 3 aromatic heterocycles. The molecular formula is C14H16ClN7O. The van der Waals surface area contributed by atoms with Gasteiger partial charge in [-0.3, -0.25) is 4.98 Å². The molecule has 0 spiro atoms. The van der Waals surface area contributed by atoms with E-state index in [4.69, 9.17) is 4.52 Å². The van der Waals surface area contributed by atoms with E-state index in [2.05, 4.69) is 30.5 Å². The summed E-state index contributed by atoms with van der Waals surface area (Å²) in [5, 5.41) is 11.8. The van der Waals surface area contributed by atoms with Crippen molar-refractivity contribution in [2.45, 2.75) is 18.9 Å². The van der Waals surface area contributed by atoms with Crippen molar-refractivity contribution in [1.82, 2.24) is 35.2 Å². The molecule has 0 amide bonds. The summed E-state index contributed by atoms with van der Waals surface area (Å²) < 4.78 is 7.14. The van der Waals surface area contributed by atoms with E-state index < -0.39 is 0 Å². The number of pyridine rings is 1. The quantitative estimate of drug-likeness (QED) is 0.780. The molecule has 1 N–H and O–H groups in total. The third kappa shape index (κ3) is 3.22. The molecule has 23 heavy (non-hydrogen) atoms. The van der Waals surface area contributed by atoms with E-state index in [-0.39, 0.29) is 12.4 Å². The van der Waals surface area contributed by atoms with Crippen molar-refractivity contribution in [2.24, 2.45) is 0 Å². The van der Waals surface area contributed by atoms with Crippen molar-refractivity contribution in [3.63, 3.8) is 0 Å². The zero-order valence-electron chi connectivity index (χ0n) is 12.3. The maximum absolute atomic E-state index is 5.27. The lowest BCUT2D eigenvalue weighted by molar-refractivity contribution is 0.345. The van der Waals surface area contributed by atoms with Crippen molar-refractivity contribution in [3.05, 3.63) is 30.9 Å². The van der Waals surface area contributed by atoms with Gasteiger partial charge in [-0.25, -0.2) is 9.67 Å². The van der Waals surface area contributed by atoms with E-state index >= 15 is 0 Å². The van der Waals surface area contributed by atoms with Crippen LogP contribution < -0.4 is 5.32 Å². The fourth-order valence-corrected chi connectivity index (χ4v) is 2.54. The maximum Gasteiger partial charge on any atom is 0.297 e. The van der Waals surface area contributed by atoms with Crippen molar-refractivity contribution >= 4 is 12.4 Å². The second-order valence-electron chi connectivity index (χ2n) is 5.21. The molecule has 8 nitrogen and oxygen atoms in total. The van der Waals surface area contributed by atoms with E-state index in [1.807, 2.05) is 16.8 Å². The number of halogens is 1. The molecule has 1 atom stereocenters. The van der Waals surface area contributed by atoms with Crippen LogP contribution in [0.25, 0.3) is 23.1 Å². The third-order valence-electron chi connectivity index (χ3n) is 3.71. The molecular weight excluding hydrogens is 318 g/mol. The van der Waals surface area contributed by atoms with Crippen LogP contribution in [0.3, 0.4) is 0 Å². The topological polar surface area (TPSA) is 94.6 Å². The zero-order valence-corrected chi connectivity index (χ0v) is 13.1. The van der Waals surface area contributed by atoms with Crippen LogP contribution in [0.15, 0.2) is 35.4 Å². The van der Waals surface area contributed by atoms with Crippen LogP contribution in [0.1, 0.15) is 18.9 Å². The number of aromatic nitrogens is 6. The predicted molar refractivity (Wildman–Crippen MR) is 84.9 cm³/mol. The lowest BCUT2D eigenvalue weighted by Crippen LogP contribution is -2.31. The summed E-state index contributed by atoms with van der Waals surface area (Å²) in [7, 11) is 0. The van der Waals surface area contributed by atoms with Crippen molar-refractivity contribution in [2.75, 3.05) is 13.1 Å². The number of nitrogens with zero attached hydrogens (tertiary/aromatic N) is 6. The van der Waals surface area contributed by atoms with Gasteiger partial charge in [0.15, 0.2) is 0 Å². The summed E-state index contributed by atoms with van der Waals surface area (Å²) in [5.41, 5.74) is 0.848. The Balaban J connectivity index is 0.00000156. The predicted octanol–water partition coefficient (Wildman–Crippen LogP) is 1.74. The molecule has 0 bridgehead atoms. The molecule has 1 aliphatic heterocycles. The van der Waals surface area contributed by atoms with Crippen molar-refractivity contribution in [1.29, 1.82) is 0 Å². The van der Waals surface area contributed by atoms with Gasteiger partial charge in [-0.15, -0.1) is 17.5 Å². The first-order valence-electron chi connectivity index (χ1n) is 7.26. The Labute approximate surface area is 138 Å². The number of hydrogen-bond donors (Lipinski definition) is 1. The van der Waals surface area contributed by atoms with E-state index in [1.54, 1.807) is 18.7 Å². The highest BCUT2D eigenvalue weighted by atomic mass is 35.5. The van der Waals surface area contributed by atoms with Gasteiger partial charge in [0.05, 0.1) is 6.04 Å². The number of rotatable bonds is 3. The maximum atomic E-state index is 5.27. The number of piperidine rings is 1. The van der Waals surface area contributed by atoms with Crippen molar-refractivity contribution in [3.8, 4) is 23.1 Å². The molecule has 1 unspecified atom stereocenters. The van der Waals surface area contributed by atoms with E-state index in [9.17, 15) is 0 Å². The van der Waals surface area contributed by atoms with Crippen LogP contribution in [0, 0.1) is 0 Å². The zero-order chi connectivity index (χ0) is 14.8. The van der Waals surface area contributed by atoms with Crippen LogP contribution in [0.5, 0.6) is 0 Å². The van der Waals surface area contributed by atoms with Gasteiger partial charge < -0.3 is 9.84 Å². The molecule has 4 heterocycles. The normalized spacial score (nSPS) is 17.7.